The molecule has 0 bridgehead atoms. The van der Waals surface area contributed by atoms with E-state index in [1.54, 1.807) is 18.2 Å². The Hall–Kier alpha value is -0.770. The van der Waals surface area contributed by atoms with E-state index in [-0.39, 0.29) is 12.0 Å². The van der Waals surface area contributed by atoms with Gasteiger partial charge in [0.15, 0.2) is 0 Å². The van der Waals surface area contributed by atoms with Crippen LogP contribution in [-0.2, 0) is 4.74 Å². The smallest absolute Gasteiger partial charge is 0.252 e. The summed E-state index contributed by atoms with van der Waals surface area (Å²) in [6.07, 6.45) is 2.18. The number of rotatable bonds is 3. The number of benzene rings is 1. The van der Waals surface area contributed by atoms with E-state index in [0.29, 0.717) is 22.2 Å². The lowest BCUT2D eigenvalue weighted by Crippen LogP contribution is -2.31. The Bertz CT molecular complexity index is 417. The highest BCUT2D eigenvalue weighted by Crippen LogP contribution is 2.21. The largest absolute Gasteiger partial charge is 0.376 e. The van der Waals surface area contributed by atoms with Crippen LogP contribution in [0.5, 0.6) is 0 Å². The Morgan fingerprint density at radius 1 is 1.47 bits per heavy atom. The van der Waals surface area contributed by atoms with Crippen molar-refractivity contribution in [1.82, 2.24) is 5.32 Å². The Morgan fingerprint density at radius 3 is 2.94 bits per heavy atom. The highest BCUT2D eigenvalue weighted by Gasteiger charge is 2.17. The second-order valence-corrected chi connectivity index (χ2v) is 4.81. The summed E-state index contributed by atoms with van der Waals surface area (Å²) in [6, 6.07) is 4.83. The van der Waals surface area contributed by atoms with Crippen LogP contribution in [-0.4, -0.2) is 25.2 Å². The van der Waals surface area contributed by atoms with E-state index >= 15 is 0 Å². The third kappa shape index (κ3) is 3.35. The molecule has 1 N–H and O–H groups in total. The second-order valence-electron chi connectivity index (χ2n) is 3.97. The lowest BCUT2D eigenvalue weighted by molar-refractivity contribution is 0.0858. The lowest BCUT2D eigenvalue weighted by atomic mass is 10.2. The van der Waals surface area contributed by atoms with Gasteiger partial charge in [0.2, 0.25) is 0 Å². The first kappa shape index (κ1) is 12.7. The van der Waals surface area contributed by atoms with Crippen LogP contribution >= 0.6 is 23.2 Å². The molecule has 0 spiro atoms. The lowest BCUT2D eigenvalue weighted by Gasteiger charge is -2.11. The predicted octanol–water partition coefficient (Wildman–Crippen LogP) is 2.90. The fraction of sp³-hybridized carbons (Fsp3) is 0.417. The molecule has 1 atom stereocenters. The van der Waals surface area contributed by atoms with Gasteiger partial charge < -0.3 is 10.1 Å². The van der Waals surface area contributed by atoms with E-state index in [9.17, 15) is 4.79 Å². The highest BCUT2D eigenvalue weighted by atomic mass is 35.5. The minimum atomic E-state index is -0.192. The van der Waals surface area contributed by atoms with Crippen molar-refractivity contribution in [1.29, 1.82) is 0 Å². The molecule has 1 aliphatic rings. The van der Waals surface area contributed by atoms with Crippen LogP contribution in [0.25, 0.3) is 0 Å². The fourth-order valence-corrected chi connectivity index (χ4v) is 2.28. The third-order valence-electron chi connectivity index (χ3n) is 2.69. The molecular weight excluding hydrogens is 261 g/mol. The van der Waals surface area contributed by atoms with Crippen molar-refractivity contribution in [2.45, 2.75) is 18.9 Å². The molecule has 17 heavy (non-hydrogen) atoms. The summed E-state index contributed by atoms with van der Waals surface area (Å²) in [6.45, 7) is 1.31. The van der Waals surface area contributed by atoms with Crippen molar-refractivity contribution in [2.75, 3.05) is 13.2 Å². The number of carbonyl (C=O) groups is 1. The maximum absolute atomic E-state index is 11.8. The van der Waals surface area contributed by atoms with Gasteiger partial charge in [-0.25, -0.2) is 0 Å². The second kappa shape index (κ2) is 5.71. The normalized spacial score (nSPS) is 19.3. The van der Waals surface area contributed by atoms with Crippen LogP contribution < -0.4 is 5.32 Å². The number of halogens is 2. The van der Waals surface area contributed by atoms with Gasteiger partial charge in [0.25, 0.3) is 5.91 Å². The van der Waals surface area contributed by atoms with Gasteiger partial charge in [-0.1, -0.05) is 23.2 Å². The number of hydrogen-bond donors (Lipinski definition) is 1. The summed E-state index contributed by atoms with van der Waals surface area (Å²) < 4.78 is 5.42. The van der Waals surface area contributed by atoms with E-state index in [1.807, 2.05) is 0 Å². The Morgan fingerprint density at radius 2 is 2.29 bits per heavy atom. The molecular formula is C12H13Cl2NO2. The van der Waals surface area contributed by atoms with Gasteiger partial charge in [0, 0.05) is 18.2 Å². The molecule has 1 aliphatic heterocycles. The zero-order valence-corrected chi connectivity index (χ0v) is 10.7. The molecule has 1 amide bonds. The average molecular weight is 274 g/mol. The molecule has 2 rings (SSSR count). The number of nitrogens with one attached hydrogen (secondary N) is 1. The molecule has 1 heterocycles. The van der Waals surface area contributed by atoms with Crippen molar-refractivity contribution >= 4 is 29.1 Å². The topological polar surface area (TPSA) is 38.3 Å². The molecule has 1 aromatic rings. The molecule has 3 nitrogen and oxygen atoms in total. The van der Waals surface area contributed by atoms with E-state index in [2.05, 4.69) is 5.32 Å². The predicted molar refractivity (Wildman–Crippen MR) is 67.8 cm³/mol. The SMILES string of the molecule is O=C(NC[C@H]1CCCO1)c1ccc(Cl)cc1Cl. The summed E-state index contributed by atoms with van der Waals surface area (Å²) in [5, 5.41) is 3.69. The molecule has 92 valence electrons. The monoisotopic (exact) mass is 273 g/mol. The van der Waals surface area contributed by atoms with Crippen LogP contribution in [0.1, 0.15) is 23.2 Å². The molecule has 0 saturated carbocycles. The van der Waals surface area contributed by atoms with Crippen LogP contribution in [0.3, 0.4) is 0 Å². The first-order valence-corrected chi connectivity index (χ1v) is 6.27. The number of amides is 1. The number of carbonyl (C=O) groups excluding carboxylic acids is 1. The minimum absolute atomic E-state index is 0.130. The summed E-state index contributed by atoms with van der Waals surface area (Å²) >= 11 is 11.7. The zero-order valence-electron chi connectivity index (χ0n) is 9.21. The van der Waals surface area contributed by atoms with E-state index < -0.39 is 0 Å². The maximum Gasteiger partial charge on any atom is 0.252 e. The summed E-state index contributed by atoms with van der Waals surface area (Å²) in [5.41, 5.74) is 0.439. The van der Waals surface area contributed by atoms with Crippen molar-refractivity contribution < 1.29 is 9.53 Å². The van der Waals surface area contributed by atoms with Crippen molar-refractivity contribution in [3.8, 4) is 0 Å². The van der Waals surface area contributed by atoms with E-state index in [4.69, 9.17) is 27.9 Å². The molecule has 1 saturated heterocycles. The van der Waals surface area contributed by atoms with Gasteiger partial charge in [-0.3, -0.25) is 4.79 Å². The van der Waals surface area contributed by atoms with Crippen molar-refractivity contribution in [3.05, 3.63) is 33.8 Å². The third-order valence-corrected chi connectivity index (χ3v) is 3.24. The summed E-state index contributed by atoms with van der Waals surface area (Å²) in [4.78, 5) is 11.8. The molecule has 0 radical (unpaired) electrons. The van der Waals surface area contributed by atoms with Gasteiger partial charge in [-0.2, -0.15) is 0 Å². The van der Waals surface area contributed by atoms with Crippen LogP contribution in [0.4, 0.5) is 0 Å². The van der Waals surface area contributed by atoms with Gasteiger partial charge in [0.1, 0.15) is 0 Å². The Labute approximate surface area is 110 Å². The molecule has 5 heteroatoms. The standard InChI is InChI=1S/C12H13Cl2NO2/c13-8-3-4-10(11(14)6-8)12(16)15-7-9-2-1-5-17-9/h3-4,6,9H,1-2,5,7H2,(H,15,16)/t9-/m1/s1. The maximum atomic E-state index is 11.8. The first-order chi connectivity index (χ1) is 8.16. The summed E-state index contributed by atoms with van der Waals surface area (Å²) in [5.74, 6) is -0.192. The highest BCUT2D eigenvalue weighted by molar-refractivity contribution is 6.36. The zero-order chi connectivity index (χ0) is 12.3. The van der Waals surface area contributed by atoms with E-state index in [0.717, 1.165) is 19.4 Å². The summed E-state index contributed by atoms with van der Waals surface area (Å²) in [7, 11) is 0. The van der Waals surface area contributed by atoms with Gasteiger partial charge in [0.05, 0.1) is 16.7 Å². The molecule has 0 unspecified atom stereocenters. The van der Waals surface area contributed by atoms with Crippen LogP contribution in [0, 0.1) is 0 Å². The minimum Gasteiger partial charge on any atom is -0.376 e. The Kier molecular flexibility index (Phi) is 4.26. The quantitative estimate of drug-likeness (QED) is 0.920. The van der Waals surface area contributed by atoms with Gasteiger partial charge in [-0.15, -0.1) is 0 Å². The van der Waals surface area contributed by atoms with Crippen molar-refractivity contribution in [3.63, 3.8) is 0 Å². The average Bonchev–Trinajstić information content (AvgIpc) is 2.78. The van der Waals surface area contributed by atoms with Gasteiger partial charge >= 0.3 is 0 Å². The van der Waals surface area contributed by atoms with E-state index in [1.165, 1.54) is 0 Å². The molecule has 0 aliphatic carbocycles. The molecule has 1 fully saturated rings. The van der Waals surface area contributed by atoms with Crippen LogP contribution in [0.15, 0.2) is 18.2 Å². The molecule has 1 aromatic carbocycles. The number of ether oxygens (including phenoxy) is 1. The van der Waals surface area contributed by atoms with Crippen molar-refractivity contribution in [2.24, 2.45) is 0 Å². The van der Waals surface area contributed by atoms with Crippen LogP contribution in [0.2, 0.25) is 10.0 Å². The molecule has 0 aromatic heterocycles. The Balaban J connectivity index is 1.94. The number of hydrogen-bond acceptors (Lipinski definition) is 2. The van der Waals surface area contributed by atoms with Gasteiger partial charge in [-0.05, 0) is 31.0 Å². The fourth-order valence-electron chi connectivity index (χ4n) is 1.78. The first-order valence-electron chi connectivity index (χ1n) is 5.51.